The van der Waals surface area contributed by atoms with Crippen LogP contribution in [-0.4, -0.2) is 6.66 Å². The Morgan fingerprint density at radius 1 is 0.682 bits per heavy atom. The Kier molecular flexibility index (Phi) is 3.31. The first-order valence-electron chi connectivity index (χ1n) is 7.93. The van der Waals surface area contributed by atoms with Gasteiger partial charge in [-0.25, -0.2) is 0 Å². The van der Waals surface area contributed by atoms with Gasteiger partial charge >= 0.3 is 0 Å². The van der Waals surface area contributed by atoms with Gasteiger partial charge in [-0.1, -0.05) is 79.8 Å². The van der Waals surface area contributed by atoms with Crippen molar-refractivity contribution in [1.82, 2.24) is 0 Å². The van der Waals surface area contributed by atoms with E-state index < -0.39 is 0 Å². The molecule has 2 atom stereocenters. The van der Waals surface area contributed by atoms with Gasteiger partial charge in [0.2, 0.25) is 0 Å². The summed E-state index contributed by atoms with van der Waals surface area (Å²) in [5.41, 5.74) is 10.2. The maximum absolute atomic E-state index is 2.49. The van der Waals surface area contributed by atoms with E-state index in [0.29, 0.717) is 11.3 Å². The van der Waals surface area contributed by atoms with Crippen LogP contribution in [0.4, 0.5) is 0 Å². The van der Waals surface area contributed by atoms with Crippen molar-refractivity contribution in [1.29, 1.82) is 0 Å². The molecule has 0 bridgehead atoms. The Morgan fingerprint density at radius 2 is 1.09 bits per heavy atom. The Bertz CT molecular complexity index is 730. The molecule has 2 aromatic carbocycles. The van der Waals surface area contributed by atoms with Gasteiger partial charge in [-0.15, -0.1) is 0 Å². The fourth-order valence-corrected chi connectivity index (χ4v) is 7.23. The molecule has 0 aromatic heterocycles. The van der Waals surface area contributed by atoms with Crippen LogP contribution in [0.2, 0.25) is 0 Å². The smallest absolute Gasteiger partial charge is 0.0263 e. The molecule has 22 heavy (non-hydrogen) atoms. The van der Waals surface area contributed by atoms with E-state index >= 15 is 0 Å². The molecule has 2 aliphatic carbocycles. The van der Waals surface area contributed by atoms with Crippen LogP contribution in [-0.2, 0) is 0 Å². The fourth-order valence-electron chi connectivity index (χ4n) is 4.15. The standard InChI is InChI=1S/C21H21P/c1-14-12-16-8-4-6-10-18(16)20(14)22(3)21-15(2)13-17-9-5-7-11-19(17)21/h4-13,20-21H,1-3H3. The van der Waals surface area contributed by atoms with E-state index in [9.17, 15) is 0 Å². The summed E-state index contributed by atoms with van der Waals surface area (Å²) in [6.45, 7) is 7.11. The van der Waals surface area contributed by atoms with Crippen LogP contribution in [0.3, 0.4) is 0 Å². The molecule has 4 rings (SSSR count). The first-order valence-corrected chi connectivity index (χ1v) is 9.85. The SMILES string of the molecule is CC1=Cc2ccccc2C1P(C)C1C(C)=Cc2ccccc21. The molecule has 2 aliphatic rings. The summed E-state index contributed by atoms with van der Waals surface area (Å²) in [6.07, 6.45) is 4.78. The average molecular weight is 304 g/mol. The van der Waals surface area contributed by atoms with Gasteiger partial charge in [0.1, 0.15) is 0 Å². The zero-order chi connectivity index (χ0) is 15.3. The van der Waals surface area contributed by atoms with Gasteiger partial charge in [0.25, 0.3) is 0 Å². The summed E-state index contributed by atoms with van der Waals surface area (Å²) < 4.78 is 0. The monoisotopic (exact) mass is 304 g/mol. The van der Waals surface area contributed by atoms with E-state index in [1.165, 1.54) is 33.4 Å². The van der Waals surface area contributed by atoms with Crippen molar-refractivity contribution in [3.63, 3.8) is 0 Å². The molecule has 0 fully saturated rings. The highest BCUT2D eigenvalue weighted by atomic mass is 31.1. The maximum atomic E-state index is 2.49. The van der Waals surface area contributed by atoms with Crippen LogP contribution in [0.25, 0.3) is 12.2 Å². The molecule has 0 heterocycles. The molecule has 1 heteroatoms. The van der Waals surface area contributed by atoms with Crippen LogP contribution in [0, 0.1) is 0 Å². The van der Waals surface area contributed by atoms with E-state index in [1.807, 2.05) is 0 Å². The van der Waals surface area contributed by atoms with Crippen molar-refractivity contribution in [2.24, 2.45) is 0 Å². The van der Waals surface area contributed by atoms with E-state index in [1.54, 1.807) is 0 Å². The lowest BCUT2D eigenvalue weighted by atomic mass is 10.1. The molecule has 0 nitrogen and oxygen atoms in total. The molecule has 2 aromatic rings. The van der Waals surface area contributed by atoms with Crippen molar-refractivity contribution in [2.75, 3.05) is 6.66 Å². The number of allylic oxidation sites excluding steroid dienone is 2. The summed E-state index contributed by atoms with van der Waals surface area (Å²) in [5.74, 6) is 0. The molecule has 0 saturated heterocycles. The van der Waals surface area contributed by atoms with Crippen molar-refractivity contribution in [3.8, 4) is 0 Å². The van der Waals surface area contributed by atoms with Gasteiger partial charge in [-0.3, -0.25) is 0 Å². The Hall–Kier alpha value is -1.65. The molecule has 0 amide bonds. The van der Waals surface area contributed by atoms with Crippen molar-refractivity contribution < 1.29 is 0 Å². The second kappa shape index (κ2) is 5.21. The molecule has 2 unspecified atom stereocenters. The highest BCUT2D eigenvalue weighted by Gasteiger charge is 2.35. The normalized spacial score (nSPS) is 23.6. The molecule has 0 aliphatic heterocycles. The highest BCUT2D eigenvalue weighted by molar-refractivity contribution is 7.58. The topological polar surface area (TPSA) is 0 Å². The predicted molar refractivity (Wildman–Crippen MR) is 98.5 cm³/mol. The largest absolute Gasteiger partial charge is 0.0860 e. The highest BCUT2D eigenvalue weighted by Crippen LogP contribution is 2.67. The zero-order valence-corrected chi connectivity index (χ0v) is 14.3. The predicted octanol–water partition coefficient (Wildman–Crippen LogP) is 6.41. The van der Waals surface area contributed by atoms with E-state index in [0.717, 1.165) is 0 Å². The molecule has 0 radical (unpaired) electrons. The molecule has 110 valence electrons. The minimum atomic E-state index is -0.171. The second-order valence-electron chi connectivity index (χ2n) is 6.51. The van der Waals surface area contributed by atoms with Crippen molar-refractivity contribution in [3.05, 3.63) is 81.9 Å². The Labute approximate surface area is 134 Å². The van der Waals surface area contributed by atoms with Crippen LogP contribution in [0.1, 0.15) is 47.4 Å². The number of hydrogen-bond donors (Lipinski definition) is 0. The lowest BCUT2D eigenvalue weighted by molar-refractivity contribution is 1.06. The van der Waals surface area contributed by atoms with E-state index in [2.05, 4.69) is 81.2 Å². The third-order valence-electron chi connectivity index (χ3n) is 5.02. The third kappa shape index (κ3) is 2.02. The zero-order valence-electron chi connectivity index (χ0n) is 13.4. The molecular formula is C21H21P. The number of fused-ring (bicyclic) bond motifs is 2. The van der Waals surface area contributed by atoms with Crippen LogP contribution < -0.4 is 0 Å². The van der Waals surface area contributed by atoms with Crippen molar-refractivity contribution in [2.45, 2.75) is 25.2 Å². The number of benzene rings is 2. The average Bonchev–Trinajstić information content (AvgIpc) is 3.01. The van der Waals surface area contributed by atoms with Gasteiger partial charge in [0.15, 0.2) is 0 Å². The van der Waals surface area contributed by atoms with E-state index in [-0.39, 0.29) is 7.92 Å². The summed E-state index contributed by atoms with van der Waals surface area (Å²) in [5, 5.41) is 0. The van der Waals surface area contributed by atoms with Gasteiger partial charge in [0.05, 0.1) is 0 Å². The van der Waals surface area contributed by atoms with Gasteiger partial charge < -0.3 is 0 Å². The lowest BCUT2D eigenvalue weighted by Gasteiger charge is -2.30. The molecule has 0 spiro atoms. The molecule has 0 saturated carbocycles. The summed E-state index contributed by atoms with van der Waals surface area (Å²) in [6, 6.07) is 17.8. The Morgan fingerprint density at radius 3 is 1.55 bits per heavy atom. The summed E-state index contributed by atoms with van der Waals surface area (Å²) in [4.78, 5) is 0. The minimum Gasteiger partial charge on any atom is -0.0860 e. The van der Waals surface area contributed by atoms with E-state index in [4.69, 9.17) is 0 Å². The Balaban J connectivity index is 1.76. The van der Waals surface area contributed by atoms with Gasteiger partial charge in [-0.2, -0.15) is 0 Å². The van der Waals surface area contributed by atoms with Gasteiger partial charge in [0, 0.05) is 11.3 Å². The number of hydrogen-bond acceptors (Lipinski definition) is 0. The van der Waals surface area contributed by atoms with Crippen LogP contribution in [0.15, 0.2) is 59.7 Å². The molecule has 0 N–H and O–H groups in total. The van der Waals surface area contributed by atoms with Crippen LogP contribution in [0.5, 0.6) is 0 Å². The van der Waals surface area contributed by atoms with Crippen molar-refractivity contribution >= 4 is 20.1 Å². The van der Waals surface area contributed by atoms with Crippen LogP contribution >= 0.6 is 7.92 Å². The first-order chi connectivity index (χ1) is 10.7. The minimum absolute atomic E-state index is 0.171. The van der Waals surface area contributed by atoms with Gasteiger partial charge in [-0.05, 0) is 42.8 Å². The first kappa shape index (κ1) is 14.0. The summed E-state index contributed by atoms with van der Waals surface area (Å²) >= 11 is 0. The third-order valence-corrected chi connectivity index (χ3v) is 8.02. The maximum Gasteiger partial charge on any atom is 0.0263 e. The number of rotatable bonds is 2. The summed E-state index contributed by atoms with van der Waals surface area (Å²) in [7, 11) is -0.171. The molecular weight excluding hydrogens is 283 g/mol. The fraction of sp³-hybridized carbons (Fsp3) is 0.238. The second-order valence-corrected chi connectivity index (χ2v) is 8.87. The lowest BCUT2D eigenvalue weighted by Crippen LogP contribution is -2.03. The quantitative estimate of drug-likeness (QED) is 0.562.